The molecule has 0 amide bonds. The fourth-order valence-corrected chi connectivity index (χ4v) is 0.875. The summed E-state index contributed by atoms with van der Waals surface area (Å²) >= 11 is 0. The molecule has 0 unspecified atom stereocenters. The van der Waals surface area contributed by atoms with E-state index in [1.54, 1.807) is 6.07 Å². The second kappa shape index (κ2) is 6.12. The van der Waals surface area contributed by atoms with Crippen LogP contribution in [0.1, 0.15) is 18.1 Å². The fourth-order valence-electron chi connectivity index (χ4n) is 0.875. The van der Waals surface area contributed by atoms with E-state index in [0.29, 0.717) is 5.56 Å². The van der Waals surface area contributed by atoms with Gasteiger partial charge in [-0.05, 0) is 11.6 Å². The van der Waals surface area contributed by atoms with Gasteiger partial charge in [0.2, 0.25) is 0 Å². The summed E-state index contributed by atoms with van der Waals surface area (Å²) in [7, 11) is 0. The third kappa shape index (κ3) is 6.02. The highest BCUT2D eigenvalue weighted by Gasteiger charge is 2.30. The Hall–Kier alpha value is -1.56. The minimum Gasteiger partial charge on any atom is -0.481 e. The molecule has 0 spiro atoms. The molecule has 1 aromatic rings. The monoisotopic (exact) mass is 235 g/mol. The molecule has 0 saturated carbocycles. The van der Waals surface area contributed by atoms with Gasteiger partial charge in [-0.25, -0.2) is 0 Å². The molecule has 0 aliphatic carbocycles. The first-order chi connectivity index (χ1) is 7.27. The van der Waals surface area contributed by atoms with E-state index in [1.165, 1.54) is 6.07 Å². The lowest BCUT2D eigenvalue weighted by molar-refractivity contribution is -0.137. The van der Waals surface area contributed by atoms with Crippen molar-refractivity contribution in [3.05, 3.63) is 35.4 Å². The van der Waals surface area contributed by atoms with Crippen molar-refractivity contribution >= 4 is 5.97 Å². The number of hydrogen-bond acceptors (Lipinski definition) is 2. The summed E-state index contributed by atoms with van der Waals surface area (Å²) in [5.74, 6) is -0.833. The van der Waals surface area contributed by atoms with Crippen molar-refractivity contribution in [2.45, 2.75) is 19.6 Å². The predicted octanol–water partition coefficient (Wildman–Crippen LogP) is 2.25. The zero-order chi connectivity index (χ0) is 12.8. The molecule has 16 heavy (non-hydrogen) atoms. The molecule has 3 N–H and O–H groups in total. The maximum absolute atomic E-state index is 12.1. The lowest BCUT2D eigenvalue weighted by Crippen LogP contribution is -2.06. The second-order valence-corrected chi connectivity index (χ2v) is 2.92. The van der Waals surface area contributed by atoms with Gasteiger partial charge in [-0.15, -0.1) is 0 Å². The molecule has 1 aromatic carbocycles. The topological polar surface area (TPSA) is 63.3 Å². The van der Waals surface area contributed by atoms with Crippen molar-refractivity contribution < 1.29 is 23.1 Å². The van der Waals surface area contributed by atoms with Crippen molar-refractivity contribution in [3.63, 3.8) is 0 Å². The molecule has 0 fully saturated rings. The van der Waals surface area contributed by atoms with Gasteiger partial charge >= 0.3 is 6.18 Å². The van der Waals surface area contributed by atoms with Gasteiger partial charge in [-0.1, -0.05) is 18.2 Å². The third-order valence-corrected chi connectivity index (χ3v) is 1.49. The Balaban J connectivity index is 0.000000487. The Bertz CT molecular complexity index is 346. The highest BCUT2D eigenvalue weighted by atomic mass is 19.4. The van der Waals surface area contributed by atoms with Crippen LogP contribution in [0.2, 0.25) is 0 Å². The molecule has 0 aliphatic heterocycles. The molecule has 1 rings (SSSR count). The van der Waals surface area contributed by atoms with Crippen molar-refractivity contribution in [1.82, 2.24) is 0 Å². The van der Waals surface area contributed by atoms with Crippen molar-refractivity contribution in [2.24, 2.45) is 5.73 Å². The van der Waals surface area contributed by atoms with Crippen molar-refractivity contribution in [1.29, 1.82) is 0 Å². The van der Waals surface area contributed by atoms with Crippen LogP contribution < -0.4 is 5.73 Å². The quantitative estimate of drug-likeness (QED) is 0.784. The van der Waals surface area contributed by atoms with E-state index in [-0.39, 0.29) is 6.54 Å². The summed E-state index contributed by atoms with van der Waals surface area (Å²) in [4.78, 5) is 9.00. The fraction of sp³-hybridized carbons (Fsp3) is 0.300. The molecule has 90 valence electrons. The average molecular weight is 235 g/mol. The molecular formula is C10H12F3NO2. The summed E-state index contributed by atoms with van der Waals surface area (Å²) in [6.07, 6.45) is -4.27. The Morgan fingerprint density at radius 2 is 1.94 bits per heavy atom. The van der Waals surface area contributed by atoms with Crippen molar-refractivity contribution in [3.8, 4) is 0 Å². The SMILES string of the molecule is CC(=O)O.NCc1cccc(C(F)(F)F)c1. The smallest absolute Gasteiger partial charge is 0.416 e. The van der Waals surface area contributed by atoms with E-state index < -0.39 is 17.7 Å². The van der Waals surface area contributed by atoms with Gasteiger partial charge in [0.1, 0.15) is 0 Å². The Morgan fingerprint density at radius 3 is 2.31 bits per heavy atom. The summed E-state index contributed by atoms with van der Waals surface area (Å²) in [5.41, 5.74) is 5.04. The lowest BCUT2D eigenvalue weighted by atomic mass is 10.1. The molecule has 0 atom stereocenters. The van der Waals surface area contributed by atoms with E-state index in [2.05, 4.69) is 0 Å². The largest absolute Gasteiger partial charge is 0.481 e. The molecule has 3 nitrogen and oxygen atoms in total. The van der Waals surface area contributed by atoms with Crippen LogP contribution >= 0.6 is 0 Å². The van der Waals surface area contributed by atoms with Crippen LogP contribution in [0.4, 0.5) is 13.2 Å². The zero-order valence-corrected chi connectivity index (χ0v) is 8.58. The number of carbonyl (C=O) groups is 1. The highest BCUT2D eigenvalue weighted by Crippen LogP contribution is 2.29. The van der Waals surface area contributed by atoms with Gasteiger partial charge in [-0.3, -0.25) is 4.79 Å². The number of rotatable bonds is 1. The summed E-state index contributed by atoms with van der Waals surface area (Å²) in [6.45, 7) is 1.21. The van der Waals surface area contributed by atoms with E-state index >= 15 is 0 Å². The molecular weight excluding hydrogens is 223 g/mol. The van der Waals surface area contributed by atoms with Gasteiger partial charge in [-0.2, -0.15) is 13.2 Å². The number of aliphatic carboxylic acids is 1. The van der Waals surface area contributed by atoms with Crippen LogP contribution in [0, 0.1) is 0 Å². The Labute approximate surface area is 90.7 Å². The summed E-state index contributed by atoms with van der Waals surface area (Å²) in [6, 6.07) is 5.00. The van der Waals surface area contributed by atoms with Crippen LogP contribution in [-0.4, -0.2) is 11.1 Å². The minimum atomic E-state index is -4.27. The van der Waals surface area contributed by atoms with E-state index in [9.17, 15) is 13.2 Å². The average Bonchev–Trinajstić information content (AvgIpc) is 2.16. The van der Waals surface area contributed by atoms with E-state index in [0.717, 1.165) is 19.1 Å². The number of nitrogens with two attached hydrogens (primary N) is 1. The molecule has 0 aromatic heterocycles. The zero-order valence-electron chi connectivity index (χ0n) is 8.58. The number of alkyl halides is 3. The normalized spacial score (nSPS) is 10.3. The van der Waals surface area contributed by atoms with Gasteiger partial charge < -0.3 is 10.8 Å². The predicted molar refractivity (Wildman–Crippen MR) is 52.6 cm³/mol. The second-order valence-electron chi connectivity index (χ2n) is 2.92. The number of carboxylic acids is 1. The first kappa shape index (κ1) is 14.4. The number of benzene rings is 1. The maximum Gasteiger partial charge on any atom is 0.416 e. The highest BCUT2D eigenvalue weighted by molar-refractivity contribution is 5.62. The molecule has 0 bridgehead atoms. The number of halogens is 3. The summed E-state index contributed by atoms with van der Waals surface area (Å²) in [5, 5.41) is 7.42. The Morgan fingerprint density at radius 1 is 1.44 bits per heavy atom. The molecule has 0 aliphatic rings. The molecule has 6 heteroatoms. The standard InChI is InChI=1S/C8H8F3N.C2H4O2/c9-8(10,11)7-3-1-2-6(4-7)5-12;1-2(3)4/h1-4H,5,12H2;1H3,(H,3,4). The van der Waals surface area contributed by atoms with Gasteiger partial charge in [0, 0.05) is 13.5 Å². The van der Waals surface area contributed by atoms with Crippen LogP contribution in [0.3, 0.4) is 0 Å². The van der Waals surface area contributed by atoms with Gasteiger partial charge in [0.05, 0.1) is 5.56 Å². The van der Waals surface area contributed by atoms with Gasteiger partial charge in [0.25, 0.3) is 5.97 Å². The minimum absolute atomic E-state index is 0.129. The van der Waals surface area contributed by atoms with Gasteiger partial charge in [0.15, 0.2) is 0 Å². The maximum atomic E-state index is 12.1. The van der Waals surface area contributed by atoms with Crippen LogP contribution in [0.15, 0.2) is 24.3 Å². The molecule has 0 saturated heterocycles. The molecule has 0 heterocycles. The van der Waals surface area contributed by atoms with Crippen LogP contribution in [0.5, 0.6) is 0 Å². The van der Waals surface area contributed by atoms with Crippen LogP contribution in [0.25, 0.3) is 0 Å². The third-order valence-electron chi connectivity index (χ3n) is 1.49. The van der Waals surface area contributed by atoms with E-state index in [4.69, 9.17) is 15.6 Å². The number of carboxylic acid groups (broad SMARTS) is 1. The Kier molecular flexibility index (Phi) is 5.52. The lowest BCUT2D eigenvalue weighted by Gasteiger charge is -2.06. The first-order valence-electron chi connectivity index (χ1n) is 4.33. The number of hydrogen-bond donors (Lipinski definition) is 2. The first-order valence-corrected chi connectivity index (χ1v) is 4.33. The molecule has 0 radical (unpaired) electrons. The van der Waals surface area contributed by atoms with Crippen LogP contribution in [-0.2, 0) is 17.5 Å². The van der Waals surface area contributed by atoms with Crippen molar-refractivity contribution in [2.75, 3.05) is 0 Å². The summed E-state index contributed by atoms with van der Waals surface area (Å²) < 4.78 is 36.2. The van der Waals surface area contributed by atoms with E-state index in [1.807, 2.05) is 0 Å².